The Morgan fingerprint density at radius 3 is 2.47 bits per heavy atom. The number of nitrogens with zero attached hydrogens (tertiary/aromatic N) is 2. The highest BCUT2D eigenvalue weighted by Gasteiger charge is 2.20. The lowest BCUT2D eigenvalue weighted by Crippen LogP contribution is -2.18. The number of hydrogen-bond donors (Lipinski definition) is 3. The van der Waals surface area contributed by atoms with Crippen LogP contribution in [0.1, 0.15) is 36.9 Å². The van der Waals surface area contributed by atoms with Gasteiger partial charge in [-0.3, -0.25) is 4.79 Å². The monoisotopic (exact) mass is 402 g/mol. The van der Waals surface area contributed by atoms with Gasteiger partial charge in [-0.25, -0.2) is 9.97 Å². The van der Waals surface area contributed by atoms with Crippen molar-refractivity contribution >= 4 is 17.4 Å². The molecule has 30 heavy (non-hydrogen) atoms. The van der Waals surface area contributed by atoms with E-state index in [2.05, 4.69) is 10.3 Å². The SMILES string of the molecule is Nc1ccc(-c2cnc(NC(=O)Cc3ccc(O)cc3)c(CC3CCCC3)n2)cc1. The average Bonchev–Trinajstić information content (AvgIpc) is 3.25. The highest BCUT2D eigenvalue weighted by atomic mass is 16.3. The number of amides is 1. The summed E-state index contributed by atoms with van der Waals surface area (Å²) in [6, 6.07) is 14.2. The van der Waals surface area contributed by atoms with Crippen LogP contribution >= 0.6 is 0 Å². The molecule has 0 spiro atoms. The minimum absolute atomic E-state index is 0.150. The van der Waals surface area contributed by atoms with Crippen molar-refractivity contribution in [3.63, 3.8) is 0 Å². The minimum Gasteiger partial charge on any atom is -0.508 e. The summed E-state index contributed by atoms with van der Waals surface area (Å²) >= 11 is 0. The summed E-state index contributed by atoms with van der Waals surface area (Å²) < 4.78 is 0. The molecule has 6 heteroatoms. The topological polar surface area (TPSA) is 101 Å². The van der Waals surface area contributed by atoms with Gasteiger partial charge in [0.25, 0.3) is 0 Å². The van der Waals surface area contributed by atoms with Gasteiger partial charge >= 0.3 is 0 Å². The van der Waals surface area contributed by atoms with Gasteiger partial charge in [-0.05, 0) is 42.2 Å². The second-order valence-electron chi connectivity index (χ2n) is 7.92. The van der Waals surface area contributed by atoms with E-state index < -0.39 is 0 Å². The second kappa shape index (κ2) is 8.95. The maximum absolute atomic E-state index is 12.6. The Labute approximate surface area is 176 Å². The molecule has 3 aromatic rings. The normalized spacial score (nSPS) is 14.0. The smallest absolute Gasteiger partial charge is 0.229 e. The molecule has 4 rings (SSSR count). The lowest BCUT2D eigenvalue weighted by atomic mass is 10.0. The fourth-order valence-corrected chi connectivity index (χ4v) is 3.93. The Balaban J connectivity index is 1.56. The van der Waals surface area contributed by atoms with Crippen LogP contribution in [-0.4, -0.2) is 21.0 Å². The van der Waals surface area contributed by atoms with Crippen molar-refractivity contribution in [3.05, 3.63) is 66.0 Å². The fraction of sp³-hybridized carbons (Fsp3) is 0.292. The van der Waals surface area contributed by atoms with Crippen LogP contribution in [0.15, 0.2) is 54.7 Å². The maximum Gasteiger partial charge on any atom is 0.229 e. The number of nitrogens with one attached hydrogen (secondary N) is 1. The molecular formula is C24H26N4O2. The summed E-state index contributed by atoms with van der Waals surface area (Å²) in [5.41, 5.74) is 9.89. The highest BCUT2D eigenvalue weighted by molar-refractivity contribution is 5.92. The molecule has 6 nitrogen and oxygen atoms in total. The molecule has 0 saturated heterocycles. The van der Waals surface area contributed by atoms with Crippen LogP contribution in [0.3, 0.4) is 0 Å². The third kappa shape index (κ3) is 4.95. The molecule has 1 aliphatic carbocycles. The number of phenolic OH excluding ortho intramolecular Hbond substituents is 1. The van der Waals surface area contributed by atoms with E-state index in [9.17, 15) is 9.90 Å². The molecule has 0 bridgehead atoms. The molecule has 0 atom stereocenters. The number of phenols is 1. The van der Waals surface area contributed by atoms with Crippen LogP contribution in [0, 0.1) is 5.92 Å². The quantitative estimate of drug-likeness (QED) is 0.532. The summed E-state index contributed by atoms with van der Waals surface area (Å²) in [6.45, 7) is 0. The molecule has 1 heterocycles. The maximum atomic E-state index is 12.6. The number of aromatic nitrogens is 2. The summed E-state index contributed by atoms with van der Waals surface area (Å²) in [4.78, 5) is 22.0. The van der Waals surface area contributed by atoms with Gasteiger partial charge in [-0.2, -0.15) is 0 Å². The van der Waals surface area contributed by atoms with Crippen molar-refractivity contribution in [2.75, 3.05) is 11.1 Å². The van der Waals surface area contributed by atoms with Gasteiger partial charge in [-0.15, -0.1) is 0 Å². The van der Waals surface area contributed by atoms with Gasteiger partial charge in [0.05, 0.1) is 24.0 Å². The molecular weight excluding hydrogens is 376 g/mol. The van der Waals surface area contributed by atoms with E-state index in [1.165, 1.54) is 25.7 Å². The van der Waals surface area contributed by atoms with Crippen LogP contribution in [0.4, 0.5) is 11.5 Å². The van der Waals surface area contributed by atoms with Crippen LogP contribution in [0.2, 0.25) is 0 Å². The molecule has 0 radical (unpaired) electrons. The number of rotatable bonds is 6. The van der Waals surface area contributed by atoms with Crippen LogP contribution in [-0.2, 0) is 17.6 Å². The van der Waals surface area contributed by atoms with E-state index in [-0.39, 0.29) is 18.1 Å². The number of hydrogen-bond acceptors (Lipinski definition) is 5. The number of carbonyl (C=O) groups is 1. The third-order valence-corrected chi connectivity index (χ3v) is 5.57. The highest BCUT2D eigenvalue weighted by Crippen LogP contribution is 2.30. The molecule has 1 fully saturated rings. The lowest BCUT2D eigenvalue weighted by Gasteiger charge is -2.14. The average molecular weight is 402 g/mol. The standard InChI is InChI=1S/C24H26N4O2/c25-19-9-7-18(8-10-19)22-15-26-24(21(27-22)13-16-3-1-2-4-16)28-23(30)14-17-5-11-20(29)12-6-17/h5-12,15-16,29H,1-4,13-14,25H2,(H,26,28,30). The van der Waals surface area contributed by atoms with Gasteiger partial charge in [0.1, 0.15) is 5.75 Å². The summed E-state index contributed by atoms with van der Waals surface area (Å²) in [5.74, 6) is 1.14. The van der Waals surface area contributed by atoms with Crippen LogP contribution < -0.4 is 11.1 Å². The number of nitrogens with two attached hydrogens (primary N) is 1. The number of anilines is 2. The Bertz CT molecular complexity index is 1010. The molecule has 0 unspecified atom stereocenters. The van der Waals surface area contributed by atoms with Gasteiger partial charge in [0, 0.05) is 11.3 Å². The van der Waals surface area contributed by atoms with Crippen molar-refractivity contribution in [3.8, 4) is 17.0 Å². The number of benzene rings is 2. The summed E-state index contributed by atoms with van der Waals surface area (Å²) in [7, 11) is 0. The van der Waals surface area contributed by atoms with E-state index >= 15 is 0 Å². The predicted octanol–water partition coefficient (Wildman–Crippen LogP) is 4.35. The Morgan fingerprint density at radius 2 is 1.77 bits per heavy atom. The molecule has 4 N–H and O–H groups in total. The van der Waals surface area contributed by atoms with E-state index in [1.807, 2.05) is 24.3 Å². The number of carbonyl (C=O) groups excluding carboxylic acids is 1. The molecule has 2 aromatic carbocycles. The fourth-order valence-electron chi connectivity index (χ4n) is 3.93. The molecule has 1 aliphatic rings. The molecule has 1 amide bonds. The lowest BCUT2D eigenvalue weighted by molar-refractivity contribution is -0.115. The van der Waals surface area contributed by atoms with Gasteiger partial charge in [-0.1, -0.05) is 49.9 Å². The molecule has 154 valence electrons. The van der Waals surface area contributed by atoms with E-state index in [1.54, 1.807) is 30.5 Å². The summed E-state index contributed by atoms with van der Waals surface area (Å²) in [6.07, 6.45) is 7.59. The minimum atomic E-state index is -0.150. The van der Waals surface area contributed by atoms with Gasteiger partial charge in [0.15, 0.2) is 5.82 Å². The first-order chi connectivity index (χ1) is 14.6. The molecule has 0 aliphatic heterocycles. The first kappa shape index (κ1) is 19.9. The van der Waals surface area contributed by atoms with Crippen molar-refractivity contribution in [1.82, 2.24) is 9.97 Å². The zero-order valence-electron chi connectivity index (χ0n) is 16.8. The molecule has 1 aromatic heterocycles. The second-order valence-corrected chi connectivity index (χ2v) is 7.92. The largest absolute Gasteiger partial charge is 0.508 e. The summed E-state index contributed by atoms with van der Waals surface area (Å²) in [5, 5.41) is 12.3. The number of aromatic hydroxyl groups is 1. The van der Waals surface area contributed by atoms with E-state index in [0.717, 1.165) is 28.9 Å². The first-order valence-electron chi connectivity index (χ1n) is 10.4. The van der Waals surface area contributed by atoms with Crippen LogP contribution in [0.25, 0.3) is 11.3 Å². The Hall–Kier alpha value is -3.41. The zero-order chi connectivity index (χ0) is 20.9. The third-order valence-electron chi connectivity index (χ3n) is 5.57. The van der Waals surface area contributed by atoms with Gasteiger partial charge in [0.2, 0.25) is 5.91 Å². The molecule has 1 saturated carbocycles. The Morgan fingerprint density at radius 1 is 1.07 bits per heavy atom. The predicted molar refractivity (Wildman–Crippen MR) is 118 cm³/mol. The Kier molecular flexibility index (Phi) is 5.93. The van der Waals surface area contributed by atoms with Crippen molar-refractivity contribution in [2.45, 2.75) is 38.5 Å². The van der Waals surface area contributed by atoms with Crippen molar-refractivity contribution in [2.24, 2.45) is 5.92 Å². The zero-order valence-corrected chi connectivity index (χ0v) is 16.8. The van der Waals surface area contributed by atoms with E-state index in [4.69, 9.17) is 10.7 Å². The van der Waals surface area contributed by atoms with Crippen LogP contribution in [0.5, 0.6) is 5.75 Å². The first-order valence-corrected chi connectivity index (χ1v) is 10.4. The van der Waals surface area contributed by atoms with E-state index in [0.29, 0.717) is 17.4 Å². The van der Waals surface area contributed by atoms with Crippen molar-refractivity contribution in [1.29, 1.82) is 0 Å². The number of nitrogen functional groups attached to an aromatic ring is 1. The van der Waals surface area contributed by atoms with Gasteiger partial charge < -0.3 is 16.2 Å². The van der Waals surface area contributed by atoms with Crippen molar-refractivity contribution < 1.29 is 9.90 Å².